The van der Waals surface area contributed by atoms with Gasteiger partial charge in [-0.25, -0.2) is 0 Å². The lowest BCUT2D eigenvalue weighted by Gasteiger charge is -2.02. The number of rotatable bonds is 6. The number of benzene rings is 1. The molecule has 0 spiro atoms. The van der Waals surface area contributed by atoms with Gasteiger partial charge in [-0.1, -0.05) is 28.1 Å². The van der Waals surface area contributed by atoms with Crippen LogP contribution in [0.5, 0.6) is 0 Å². The van der Waals surface area contributed by atoms with Crippen LogP contribution >= 0.6 is 15.9 Å². The van der Waals surface area contributed by atoms with Crippen LogP contribution in [-0.4, -0.2) is 7.05 Å². The summed E-state index contributed by atoms with van der Waals surface area (Å²) in [5, 5.41) is 3.08. The third-order valence-corrected chi connectivity index (χ3v) is 2.98. The topological polar surface area (TPSA) is 34.4 Å². The Morgan fingerprint density at radius 3 is 2.89 bits per heavy atom. The molecule has 0 aliphatic rings. The first-order valence-corrected chi connectivity index (χ1v) is 6.60. The van der Waals surface area contributed by atoms with E-state index >= 15 is 0 Å². The molecule has 0 bridgehead atoms. The first-order chi connectivity index (χ1) is 8.78. The Labute approximate surface area is 115 Å². The Balaban J connectivity index is 1.81. The summed E-state index contributed by atoms with van der Waals surface area (Å²) in [6.07, 6.45) is 1.76. The van der Waals surface area contributed by atoms with Crippen LogP contribution < -0.4 is 5.32 Å². The molecule has 4 heteroatoms. The lowest BCUT2D eigenvalue weighted by molar-refractivity contribution is 0.0929. The van der Waals surface area contributed by atoms with Gasteiger partial charge in [-0.3, -0.25) is 0 Å². The Bertz CT molecular complexity index is 496. The van der Waals surface area contributed by atoms with Crippen molar-refractivity contribution in [2.45, 2.75) is 19.8 Å². The van der Waals surface area contributed by atoms with Crippen LogP contribution in [0, 0.1) is 0 Å². The first-order valence-electron chi connectivity index (χ1n) is 5.81. The molecule has 1 heterocycles. The van der Waals surface area contributed by atoms with E-state index in [1.807, 2.05) is 31.3 Å². The van der Waals surface area contributed by atoms with Crippen molar-refractivity contribution in [3.8, 4) is 0 Å². The highest BCUT2D eigenvalue weighted by molar-refractivity contribution is 9.10. The van der Waals surface area contributed by atoms with Crippen LogP contribution in [0.1, 0.15) is 16.9 Å². The van der Waals surface area contributed by atoms with Gasteiger partial charge in [-0.2, -0.15) is 0 Å². The molecule has 0 aliphatic heterocycles. The second-order valence-electron chi connectivity index (χ2n) is 4.07. The number of halogens is 1. The summed E-state index contributed by atoms with van der Waals surface area (Å²) in [5.74, 6) is 0.857. The van der Waals surface area contributed by atoms with Crippen molar-refractivity contribution in [2.75, 3.05) is 7.05 Å². The van der Waals surface area contributed by atoms with Crippen LogP contribution in [0.25, 0.3) is 0 Å². The van der Waals surface area contributed by atoms with E-state index in [0.717, 1.165) is 27.9 Å². The van der Waals surface area contributed by atoms with Crippen molar-refractivity contribution in [2.24, 2.45) is 0 Å². The minimum absolute atomic E-state index is 0.496. The molecule has 2 aromatic rings. The molecule has 96 valence electrons. The van der Waals surface area contributed by atoms with E-state index in [-0.39, 0.29) is 0 Å². The average molecular weight is 310 g/mol. The molecule has 0 saturated carbocycles. The van der Waals surface area contributed by atoms with Crippen LogP contribution in [0.15, 0.2) is 45.5 Å². The molecule has 2 rings (SSSR count). The highest BCUT2D eigenvalue weighted by Gasteiger charge is 2.02. The van der Waals surface area contributed by atoms with Gasteiger partial charge in [0.2, 0.25) is 0 Å². The summed E-state index contributed by atoms with van der Waals surface area (Å²) in [7, 11) is 1.91. The van der Waals surface area contributed by atoms with E-state index in [2.05, 4.69) is 27.3 Å². The molecule has 18 heavy (non-hydrogen) atoms. The van der Waals surface area contributed by atoms with Crippen molar-refractivity contribution in [3.05, 3.63) is 58.0 Å². The molecule has 1 N–H and O–H groups in total. The zero-order valence-electron chi connectivity index (χ0n) is 10.3. The number of nitrogens with one attached hydrogen (secondary N) is 1. The van der Waals surface area contributed by atoms with E-state index in [9.17, 15) is 0 Å². The fourth-order valence-corrected chi connectivity index (χ4v) is 2.14. The SMILES string of the molecule is CNCc1coc(COCc2cccc(Br)c2)c1. The van der Waals surface area contributed by atoms with E-state index < -0.39 is 0 Å². The zero-order valence-corrected chi connectivity index (χ0v) is 11.9. The minimum Gasteiger partial charge on any atom is -0.467 e. The van der Waals surface area contributed by atoms with Crippen molar-refractivity contribution < 1.29 is 9.15 Å². The Morgan fingerprint density at radius 1 is 1.22 bits per heavy atom. The van der Waals surface area contributed by atoms with Gasteiger partial charge < -0.3 is 14.5 Å². The fraction of sp³-hybridized carbons (Fsp3) is 0.286. The van der Waals surface area contributed by atoms with Crippen LogP contribution in [0.4, 0.5) is 0 Å². The van der Waals surface area contributed by atoms with Crippen molar-refractivity contribution >= 4 is 15.9 Å². The van der Waals surface area contributed by atoms with Crippen molar-refractivity contribution in [1.29, 1.82) is 0 Å². The second-order valence-corrected chi connectivity index (χ2v) is 4.99. The maximum atomic E-state index is 5.62. The molecule has 0 atom stereocenters. The van der Waals surface area contributed by atoms with Gasteiger partial charge in [0.1, 0.15) is 12.4 Å². The normalized spacial score (nSPS) is 10.8. The minimum atomic E-state index is 0.496. The summed E-state index contributed by atoms with van der Waals surface area (Å²) >= 11 is 3.44. The Hall–Kier alpha value is -1.10. The zero-order chi connectivity index (χ0) is 12.8. The standard InChI is InChI=1S/C14H16BrNO2/c1-16-7-12-6-14(18-9-12)10-17-8-11-3-2-4-13(15)5-11/h2-6,9,16H,7-8,10H2,1H3. The lowest BCUT2D eigenvalue weighted by Crippen LogP contribution is -2.03. The third kappa shape index (κ3) is 3.98. The molecule has 0 amide bonds. The molecule has 0 unspecified atom stereocenters. The second kappa shape index (κ2) is 6.73. The monoisotopic (exact) mass is 309 g/mol. The van der Waals surface area contributed by atoms with Gasteiger partial charge >= 0.3 is 0 Å². The maximum Gasteiger partial charge on any atom is 0.129 e. The van der Waals surface area contributed by atoms with Gasteiger partial charge in [0.25, 0.3) is 0 Å². The molecule has 0 radical (unpaired) electrons. The Morgan fingerprint density at radius 2 is 2.11 bits per heavy atom. The van der Waals surface area contributed by atoms with Crippen LogP contribution in [0.2, 0.25) is 0 Å². The summed E-state index contributed by atoms with van der Waals surface area (Å²) in [4.78, 5) is 0. The first kappa shape index (κ1) is 13.3. The predicted octanol–water partition coefficient (Wildman–Crippen LogP) is 3.48. The molecule has 1 aromatic carbocycles. The number of ether oxygens (including phenoxy) is 1. The summed E-state index contributed by atoms with van der Waals surface area (Å²) in [6.45, 7) is 1.90. The molecule has 0 fully saturated rings. The highest BCUT2D eigenvalue weighted by atomic mass is 79.9. The largest absolute Gasteiger partial charge is 0.467 e. The molecule has 1 aromatic heterocycles. The van der Waals surface area contributed by atoms with Gasteiger partial charge in [-0.15, -0.1) is 0 Å². The van der Waals surface area contributed by atoms with Gasteiger partial charge in [0, 0.05) is 16.6 Å². The molecule has 0 saturated heterocycles. The predicted molar refractivity (Wildman–Crippen MR) is 74.1 cm³/mol. The molecular weight excluding hydrogens is 294 g/mol. The molecular formula is C14H16BrNO2. The van der Waals surface area contributed by atoms with Gasteiger partial charge in [0.15, 0.2) is 0 Å². The maximum absolute atomic E-state index is 5.62. The summed E-state index contributed by atoms with van der Waals surface area (Å²) in [5.41, 5.74) is 2.28. The Kier molecular flexibility index (Phi) is 4.99. The third-order valence-electron chi connectivity index (χ3n) is 2.49. The van der Waals surface area contributed by atoms with E-state index in [1.165, 1.54) is 0 Å². The quantitative estimate of drug-likeness (QED) is 0.887. The van der Waals surface area contributed by atoms with E-state index in [4.69, 9.17) is 9.15 Å². The summed E-state index contributed by atoms with van der Waals surface area (Å²) < 4.78 is 12.1. The van der Waals surface area contributed by atoms with Crippen LogP contribution in [-0.2, 0) is 24.5 Å². The number of furan rings is 1. The van der Waals surface area contributed by atoms with Crippen molar-refractivity contribution in [3.63, 3.8) is 0 Å². The van der Waals surface area contributed by atoms with E-state index in [1.54, 1.807) is 6.26 Å². The number of hydrogen-bond acceptors (Lipinski definition) is 3. The smallest absolute Gasteiger partial charge is 0.129 e. The van der Waals surface area contributed by atoms with E-state index in [0.29, 0.717) is 13.2 Å². The number of hydrogen-bond donors (Lipinski definition) is 1. The average Bonchev–Trinajstić information content (AvgIpc) is 2.78. The molecule has 0 aliphatic carbocycles. The highest BCUT2D eigenvalue weighted by Crippen LogP contribution is 2.14. The van der Waals surface area contributed by atoms with Crippen molar-refractivity contribution in [1.82, 2.24) is 5.32 Å². The van der Waals surface area contributed by atoms with Gasteiger partial charge in [-0.05, 0) is 30.8 Å². The lowest BCUT2D eigenvalue weighted by atomic mass is 10.2. The molecule has 3 nitrogen and oxygen atoms in total. The van der Waals surface area contributed by atoms with Gasteiger partial charge in [0.05, 0.1) is 12.9 Å². The summed E-state index contributed by atoms with van der Waals surface area (Å²) in [6, 6.07) is 10.1. The van der Waals surface area contributed by atoms with Crippen LogP contribution in [0.3, 0.4) is 0 Å². The fourth-order valence-electron chi connectivity index (χ4n) is 1.69.